The summed E-state index contributed by atoms with van der Waals surface area (Å²) in [5.74, 6) is 1.06. The van der Waals surface area contributed by atoms with E-state index in [1.807, 2.05) is 0 Å². The van der Waals surface area contributed by atoms with Crippen molar-refractivity contribution in [3.63, 3.8) is 0 Å². The van der Waals surface area contributed by atoms with Crippen LogP contribution in [0.4, 0.5) is 4.39 Å². The Kier molecular flexibility index (Phi) is 11.1. The summed E-state index contributed by atoms with van der Waals surface area (Å²) in [6.07, 6.45) is 18.6. The second kappa shape index (κ2) is 13.3. The highest BCUT2D eigenvalue weighted by atomic mass is 19.1. The largest absolute Gasteiger partial charge is 0.257 e. The summed E-state index contributed by atoms with van der Waals surface area (Å²) in [5.41, 5.74) is 4.66. The Morgan fingerprint density at radius 2 is 1.54 bits per heavy atom. The molecule has 1 aromatic heterocycles. The quantitative estimate of drug-likeness (QED) is 0.257. The predicted molar refractivity (Wildman–Crippen MR) is 120 cm³/mol. The van der Waals surface area contributed by atoms with Crippen molar-refractivity contribution in [3.8, 4) is 0 Å². The topological polar surface area (TPSA) is 12.9 Å². The zero-order chi connectivity index (χ0) is 20.2. The van der Waals surface area contributed by atoms with Gasteiger partial charge in [0.25, 0.3) is 0 Å². The number of aromatic nitrogens is 1. The maximum Gasteiger partial charge on any atom is 0.117 e. The Balaban J connectivity index is 2.23. The van der Waals surface area contributed by atoms with E-state index in [2.05, 4.69) is 26.8 Å². The average molecular weight is 390 g/mol. The first-order valence-electron chi connectivity index (χ1n) is 12.3. The van der Waals surface area contributed by atoms with Crippen molar-refractivity contribution in [2.75, 3.05) is 0 Å². The summed E-state index contributed by atoms with van der Waals surface area (Å²) in [4.78, 5) is 5.00. The molecule has 0 spiro atoms. The number of nitrogens with zero attached hydrogens (tertiary/aromatic N) is 1. The molecule has 1 fully saturated rings. The highest BCUT2D eigenvalue weighted by Crippen LogP contribution is 2.44. The van der Waals surface area contributed by atoms with Crippen LogP contribution < -0.4 is 0 Å². The van der Waals surface area contributed by atoms with E-state index in [9.17, 15) is 4.39 Å². The molecule has 1 aliphatic carbocycles. The summed E-state index contributed by atoms with van der Waals surface area (Å²) < 4.78 is 14.2. The van der Waals surface area contributed by atoms with Crippen molar-refractivity contribution >= 4 is 0 Å². The summed E-state index contributed by atoms with van der Waals surface area (Å²) in [6.45, 7) is 6.47. The van der Waals surface area contributed by atoms with Gasteiger partial charge in [-0.25, -0.2) is 4.39 Å². The highest BCUT2D eigenvalue weighted by Gasteiger charge is 2.30. The molecule has 1 unspecified atom stereocenters. The third kappa shape index (κ3) is 7.48. The predicted octanol–water partition coefficient (Wildman–Crippen LogP) is 8.80. The third-order valence-electron chi connectivity index (χ3n) is 6.38. The van der Waals surface area contributed by atoms with Crippen molar-refractivity contribution in [2.45, 2.75) is 136 Å². The van der Waals surface area contributed by atoms with Gasteiger partial charge in [0.1, 0.15) is 6.67 Å². The second-order valence-electron chi connectivity index (χ2n) is 8.97. The summed E-state index contributed by atoms with van der Waals surface area (Å²) in [5, 5.41) is 0. The molecular weight excluding hydrogens is 345 g/mol. The molecule has 2 heteroatoms. The number of unbranched alkanes of at least 4 members (excludes halogenated alkanes) is 7. The van der Waals surface area contributed by atoms with Crippen LogP contribution in [0.3, 0.4) is 0 Å². The van der Waals surface area contributed by atoms with E-state index in [1.165, 1.54) is 101 Å². The van der Waals surface area contributed by atoms with Crippen molar-refractivity contribution < 1.29 is 4.39 Å². The Hall–Kier alpha value is -0.920. The molecule has 2 rings (SSSR count). The molecule has 160 valence electrons. The number of hydrogen-bond donors (Lipinski definition) is 0. The van der Waals surface area contributed by atoms with Gasteiger partial charge < -0.3 is 0 Å². The summed E-state index contributed by atoms with van der Waals surface area (Å²) >= 11 is 0. The van der Waals surface area contributed by atoms with Crippen LogP contribution in [0.15, 0.2) is 6.07 Å². The molecule has 28 heavy (non-hydrogen) atoms. The number of alkyl halides is 1. The van der Waals surface area contributed by atoms with Crippen molar-refractivity contribution in [3.05, 3.63) is 28.6 Å². The minimum atomic E-state index is -0.331. The van der Waals surface area contributed by atoms with Crippen LogP contribution in [0.2, 0.25) is 0 Å². The second-order valence-corrected chi connectivity index (χ2v) is 8.97. The van der Waals surface area contributed by atoms with Crippen molar-refractivity contribution in [2.24, 2.45) is 0 Å². The number of halogens is 1. The molecule has 1 nitrogen and oxygen atoms in total. The molecule has 0 saturated heterocycles. The first-order chi connectivity index (χ1) is 13.7. The molecule has 0 aromatic carbocycles. The molecule has 1 saturated carbocycles. The van der Waals surface area contributed by atoms with E-state index in [0.717, 1.165) is 17.7 Å². The fourth-order valence-corrected chi connectivity index (χ4v) is 4.46. The molecule has 0 N–H and O–H groups in total. The molecule has 0 aliphatic heterocycles. The van der Waals surface area contributed by atoms with E-state index in [0.29, 0.717) is 11.8 Å². The Morgan fingerprint density at radius 3 is 2.14 bits per heavy atom. The van der Waals surface area contributed by atoms with Gasteiger partial charge in [-0.1, -0.05) is 78.6 Å². The SMILES string of the molecule is CCCCCCc1cc(C(CCCC)CCCCCC)c(CF)c(C2CC2)n1. The van der Waals surface area contributed by atoms with E-state index < -0.39 is 0 Å². The Morgan fingerprint density at radius 1 is 0.893 bits per heavy atom. The normalized spacial score (nSPS) is 15.1. The maximum absolute atomic E-state index is 14.2. The standard InChI is InChI=1S/C26H44FN/c1-4-7-10-12-15-21(14-9-6-3)24-19-23(16-13-11-8-5-2)28-26(22-17-18-22)25(24)20-27/h19,21-22H,4-18,20H2,1-3H3. The van der Waals surface area contributed by atoms with Gasteiger partial charge in [0.2, 0.25) is 0 Å². The average Bonchev–Trinajstić information content (AvgIpc) is 3.55. The van der Waals surface area contributed by atoms with Crippen LogP contribution >= 0.6 is 0 Å². The van der Waals surface area contributed by atoms with Crippen LogP contribution in [0.1, 0.15) is 145 Å². The highest BCUT2D eigenvalue weighted by molar-refractivity contribution is 5.38. The van der Waals surface area contributed by atoms with E-state index in [4.69, 9.17) is 4.98 Å². The van der Waals surface area contributed by atoms with Crippen molar-refractivity contribution in [1.82, 2.24) is 4.98 Å². The van der Waals surface area contributed by atoms with Gasteiger partial charge in [0.05, 0.1) is 0 Å². The van der Waals surface area contributed by atoms with Gasteiger partial charge in [-0.15, -0.1) is 0 Å². The van der Waals surface area contributed by atoms with Crippen molar-refractivity contribution in [1.29, 1.82) is 0 Å². The molecule has 0 bridgehead atoms. The monoisotopic (exact) mass is 389 g/mol. The molecule has 1 heterocycles. The maximum atomic E-state index is 14.2. The van der Waals surface area contributed by atoms with E-state index in [1.54, 1.807) is 0 Å². The van der Waals surface area contributed by atoms with Crippen LogP contribution in [0, 0.1) is 0 Å². The number of rotatable bonds is 16. The lowest BCUT2D eigenvalue weighted by Crippen LogP contribution is -2.10. The van der Waals surface area contributed by atoms with Gasteiger partial charge in [-0.2, -0.15) is 0 Å². The molecule has 1 atom stereocenters. The Labute approximate surface area is 173 Å². The first-order valence-corrected chi connectivity index (χ1v) is 12.3. The Bertz CT molecular complexity index is 550. The van der Waals surface area contributed by atoms with Crippen LogP contribution in [0.25, 0.3) is 0 Å². The molecule has 0 amide bonds. The van der Waals surface area contributed by atoms with Crippen LogP contribution in [-0.2, 0) is 13.1 Å². The molecule has 1 aromatic rings. The van der Waals surface area contributed by atoms with Gasteiger partial charge in [-0.05, 0) is 56.1 Å². The van der Waals surface area contributed by atoms with E-state index >= 15 is 0 Å². The third-order valence-corrected chi connectivity index (χ3v) is 6.38. The zero-order valence-electron chi connectivity index (χ0n) is 18.9. The number of aryl methyl sites for hydroxylation is 1. The minimum absolute atomic E-state index is 0.331. The minimum Gasteiger partial charge on any atom is -0.257 e. The lowest BCUT2D eigenvalue weighted by atomic mass is 9.84. The van der Waals surface area contributed by atoms with Crippen LogP contribution in [-0.4, -0.2) is 4.98 Å². The smallest absolute Gasteiger partial charge is 0.117 e. The summed E-state index contributed by atoms with van der Waals surface area (Å²) in [6, 6.07) is 2.31. The number of pyridine rings is 1. The first kappa shape index (κ1) is 23.4. The van der Waals surface area contributed by atoms with Gasteiger partial charge in [-0.3, -0.25) is 4.98 Å². The van der Waals surface area contributed by atoms with Gasteiger partial charge >= 0.3 is 0 Å². The number of hydrogen-bond acceptors (Lipinski definition) is 1. The zero-order valence-corrected chi connectivity index (χ0v) is 18.9. The lowest BCUT2D eigenvalue weighted by molar-refractivity contribution is 0.459. The summed E-state index contributed by atoms with van der Waals surface area (Å²) in [7, 11) is 0. The molecule has 0 radical (unpaired) electrons. The molecule has 1 aliphatic rings. The van der Waals surface area contributed by atoms with Gasteiger partial charge in [0, 0.05) is 22.9 Å². The fourth-order valence-electron chi connectivity index (χ4n) is 4.46. The van der Waals surface area contributed by atoms with Gasteiger partial charge in [0.15, 0.2) is 0 Å². The lowest BCUT2D eigenvalue weighted by Gasteiger charge is -2.23. The van der Waals surface area contributed by atoms with E-state index in [-0.39, 0.29) is 6.67 Å². The molecular formula is C26H44FN. The fraction of sp³-hybridized carbons (Fsp3) is 0.808. The van der Waals surface area contributed by atoms with Crippen LogP contribution in [0.5, 0.6) is 0 Å².